The van der Waals surface area contributed by atoms with Crippen molar-refractivity contribution in [2.75, 3.05) is 13.6 Å². The molecule has 1 aromatic heterocycles. The molecule has 1 aromatic rings. The molecule has 1 amide bonds. The quantitative estimate of drug-likeness (QED) is 0.855. The van der Waals surface area contributed by atoms with Gasteiger partial charge in [-0.15, -0.1) is 0 Å². The molecular weight excluding hydrogens is 252 g/mol. The van der Waals surface area contributed by atoms with Crippen molar-refractivity contribution >= 4 is 5.91 Å². The molecule has 2 aliphatic rings. The van der Waals surface area contributed by atoms with Gasteiger partial charge in [0.2, 0.25) is 0 Å². The van der Waals surface area contributed by atoms with E-state index in [0.717, 1.165) is 18.7 Å². The average Bonchev–Trinajstić information content (AvgIpc) is 3.34. The van der Waals surface area contributed by atoms with Gasteiger partial charge in [0.05, 0.1) is 0 Å². The smallest absolute Gasteiger partial charge is 0.270 e. The summed E-state index contributed by atoms with van der Waals surface area (Å²) in [6.07, 6.45) is 6.55. The second kappa shape index (κ2) is 5.48. The molecule has 2 saturated carbocycles. The molecule has 2 fully saturated rings. The minimum Gasteiger partial charge on any atom is -0.349 e. The number of rotatable bonds is 6. The van der Waals surface area contributed by atoms with Crippen LogP contribution in [0, 0.1) is 0 Å². The number of aromatic nitrogens is 2. The maximum absolute atomic E-state index is 12.1. The van der Waals surface area contributed by atoms with E-state index in [4.69, 9.17) is 0 Å². The first kappa shape index (κ1) is 13.5. The Hall–Kier alpha value is -1.49. The van der Waals surface area contributed by atoms with Crippen LogP contribution in [0.25, 0.3) is 0 Å². The summed E-state index contributed by atoms with van der Waals surface area (Å²) in [4.78, 5) is 23.1. The summed E-state index contributed by atoms with van der Waals surface area (Å²) in [7, 11) is 2.13. The monoisotopic (exact) mass is 274 g/mol. The number of hydrogen-bond acceptors (Lipinski definition) is 4. The third kappa shape index (κ3) is 3.15. The van der Waals surface area contributed by atoms with Gasteiger partial charge in [-0.3, -0.25) is 9.69 Å². The Kier molecular flexibility index (Phi) is 3.70. The summed E-state index contributed by atoms with van der Waals surface area (Å²) in [5, 5.41) is 2.98. The minimum absolute atomic E-state index is 0.0923. The van der Waals surface area contributed by atoms with Gasteiger partial charge >= 0.3 is 0 Å². The van der Waals surface area contributed by atoms with Crippen LogP contribution in [-0.2, 0) is 0 Å². The summed E-state index contributed by atoms with van der Waals surface area (Å²) in [5.74, 6) is 1.20. The number of likely N-dealkylation sites (N-methyl/N-ethyl adjacent to an activating group) is 1. The third-order valence-electron chi connectivity index (χ3n) is 4.23. The molecule has 0 radical (unpaired) electrons. The summed E-state index contributed by atoms with van der Waals surface area (Å²) in [6.45, 7) is 2.81. The predicted octanol–water partition coefficient (Wildman–Crippen LogP) is 1.57. The predicted molar refractivity (Wildman–Crippen MR) is 76.6 cm³/mol. The molecule has 0 spiro atoms. The standard InChI is InChI=1S/C15H22N4O/c1-10(19(2)12-5-6-12)9-17-15(20)13-7-8-16-14(18-13)11-3-4-11/h7-8,10-12H,3-6,9H2,1-2H3,(H,17,20). The summed E-state index contributed by atoms with van der Waals surface area (Å²) in [5.41, 5.74) is 0.489. The number of amides is 1. The van der Waals surface area contributed by atoms with Crippen LogP contribution in [0.3, 0.4) is 0 Å². The van der Waals surface area contributed by atoms with Crippen LogP contribution in [0.5, 0.6) is 0 Å². The highest BCUT2D eigenvalue weighted by atomic mass is 16.1. The van der Waals surface area contributed by atoms with Gasteiger partial charge in [-0.25, -0.2) is 9.97 Å². The fourth-order valence-electron chi connectivity index (χ4n) is 2.36. The van der Waals surface area contributed by atoms with Crippen molar-refractivity contribution in [3.8, 4) is 0 Å². The summed E-state index contributed by atoms with van der Waals surface area (Å²) < 4.78 is 0. The van der Waals surface area contributed by atoms with Crippen LogP contribution in [-0.4, -0.2) is 46.5 Å². The first-order chi connectivity index (χ1) is 9.65. The van der Waals surface area contributed by atoms with Gasteiger partial charge in [0.15, 0.2) is 0 Å². The van der Waals surface area contributed by atoms with E-state index in [1.54, 1.807) is 12.3 Å². The molecule has 1 atom stereocenters. The van der Waals surface area contributed by atoms with Gasteiger partial charge in [-0.05, 0) is 45.7 Å². The van der Waals surface area contributed by atoms with Crippen molar-refractivity contribution in [3.63, 3.8) is 0 Å². The van der Waals surface area contributed by atoms with E-state index in [-0.39, 0.29) is 5.91 Å². The Bertz CT molecular complexity index is 496. The van der Waals surface area contributed by atoms with Crippen LogP contribution in [0.15, 0.2) is 12.3 Å². The van der Waals surface area contributed by atoms with Crippen LogP contribution < -0.4 is 5.32 Å². The van der Waals surface area contributed by atoms with Gasteiger partial charge in [-0.1, -0.05) is 0 Å². The van der Waals surface area contributed by atoms with Crippen molar-refractivity contribution in [1.82, 2.24) is 20.2 Å². The summed E-state index contributed by atoms with van der Waals surface area (Å²) >= 11 is 0. The summed E-state index contributed by atoms with van der Waals surface area (Å²) in [6, 6.07) is 2.76. The normalized spacial score (nSPS) is 19.9. The zero-order valence-corrected chi connectivity index (χ0v) is 12.2. The molecule has 0 bridgehead atoms. The van der Waals surface area contributed by atoms with Crippen LogP contribution in [0.2, 0.25) is 0 Å². The second-order valence-electron chi connectivity index (χ2n) is 6.03. The Morgan fingerprint density at radius 1 is 1.45 bits per heavy atom. The van der Waals surface area contributed by atoms with Gasteiger partial charge in [0.25, 0.3) is 5.91 Å². The molecule has 0 aliphatic heterocycles. The minimum atomic E-state index is -0.0923. The van der Waals surface area contributed by atoms with E-state index in [0.29, 0.717) is 30.2 Å². The molecule has 0 aromatic carbocycles. The SMILES string of the molecule is CC(CNC(=O)c1ccnc(C2CC2)n1)N(C)C1CC1. The highest BCUT2D eigenvalue weighted by Gasteiger charge is 2.29. The van der Waals surface area contributed by atoms with Crippen molar-refractivity contribution in [2.45, 2.75) is 50.6 Å². The molecule has 2 aliphatic carbocycles. The van der Waals surface area contributed by atoms with Crippen LogP contribution in [0.4, 0.5) is 0 Å². The maximum atomic E-state index is 12.1. The highest BCUT2D eigenvalue weighted by molar-refractivity contribution is 5.92. The van der Waals surface area contributed by atoms with Crippen LogP contribution >= 0.6 is 0 Å². The van der Waals surface area contributed by atoms with E-state index in [1.165, 1.54) is 12.8 Å². The molecule has 1 N–H and O–H groups in total. The third-order valence-corrected chi connectivity index (χ3v) is 4.23. The lowest BCUT2D eigenvalue weighted by Gasteiger charge is -2.24. The highest BCUT2D eigenvalue weighted by Crippen LogP contribution is 2.37. The zero-order valence-electron chi connectivity index (χ0n) is 12.2. The van der Waals surface area contributed by atoms with E-state index in [1.807, 2.05) is 0 Å². The van der Waals surface area contributed by atoms with Crippen molar-refractivity contribution in [3.05, 3.63) is 23.8 Å². The van der Waals surface area contributed by atoms with Crippen molar-refractivity contribution < 1.29 is 4.79 Å². The number of carbonyl (C=O) groups excluding carboxylic acids is 1. The fourth-order valence-corrected chi connectivity index (χ4v) is 2.36. The number of carbonyl (C=O) groups is 1. The number of hydrogen-bond donors (Lipinski definition) is 1. The Labute approximate surface area is 119 Å². The zero-order chi connectivity index (χ0) is 14.1. The maximum Gasteiger partial charge on any atom is 0.270 e. The fraction of sp³-hybridized carbons (Fsp3) is 0.667. The molecule has 5 heteroatoms. The van der Waals surface area contributed by atoms with Gasteiger partial charge in [0, 0.05) is 30.7 Å². The molecule has 3 rings (SSSR count). The lowest BCUT2D eigenvalue weighted by Crippen LogP contribution is -2.41. The lowest BCUT2D eigenvalue weighted by molar-refractivity contribution is 0.0934. The first-order valence-corrected chi connectivity index (χ1v) is 7.48. The molecule has 108 valence electrons. The van der Waals surface area contributed by atoms with E-state index in [2.05, 4.69) is 34.2 Å². The van der Waals surface area contributed by atoms with Gasteiger partial charge in [-0.2, -0.15) is 0 Å². The van der Waals surface area contributed by atoms with E-state index in [9.17, 15) is 4.79 Å². The van der Waals surface area contributed by atoms with Crippen molar-refractivity contribution in [1.29, 1.82) is 0 Å². The molecule has 0 saturated heterocycles. The van der Waals surface area contributed by atoms with E-state index < -0.39 is 0 Å². The first-order valence-electron chi connectivity index (χ1n) is 7.48. The molecule has 20 heavy (non-hydrogen) atoms. The number of nitrogens with one attached hydrogen (secondary N) is 1. The van der Waals surface area contributed by atoms with Gasteiger partial charge < -0.3 is 5.32 Å². The Balaban J connectivity index is 1.54. The number of nitrogens with zero attached hydrogens (tertiary/aromatic N) is 3. The molecular formula is C15H22N4O. The largest absolute Gasteiger partial charge is 0.349 e. The van der Waals surface area contributed by atoms with Gasteiger partial charge in [0.1, 0.15) is 11.5 Å². The topological polar surface area (TPSA) is 58.1 Å². The molecule has 5 nitrogen and oxygen atoms in total. The lowest BCUT2D eigenvalue weighted by atomic mass is 10.2. The van der Waals surface area contributed by atoms with E-state index >= 15 is 0 Å². The average molecular weight is 274 g/mol. The van der Waals surface area contributed by atoms with Crippen LogP contribution in [0.1, 0.15) is 54.8 Å². The Morgan fingerprint density at radius 3 is 2.85 bits per heavy atom. The molecule has 1 heterocycles. The molecule has 1 unspecified atom stereocenters. The second-order valence-corrected chi connectivity index (χ2v) is 6.03. The Morgan fingerprint density at radius 2 is 2.20 bits per heavy atom. The van der Waals surface area contributed by atoms with Crippen molar-refractivity contribution in [2.24, 2.45) is 0 Å².